The summed E-state index contributed by atoms with van der Waals surface area (Å²) >= 11 is 0. The van der Waals surface area contributed by atoms with Crippen molar-refractivity contribution < 1.29 is 13.9 Å². The predicted octanol–water partition coefficient (Wildman–Crippen LogP) is 3.79. The molecule has 0 saturated carbocycles. The van der Waals surface area contributed by atoms with E-state index in [4.69, 9.17) is 4.74 Å². The molecule has 0 bridgehead atoms. The molecular weight excluding hydrogens is 333 g/mol. The van der Waals surface area contributed by atoms with Gasteiger partial charge in [0, 0.05) is 6.54 Å². The van der Waals surface area contributed by atoms with E-state index in [0.717, 1.165) is 37.2 Å². The van der Waals surface area contributed by atoms with Crippen LogP contribution in [-0.2, 0) is 0 Å². The number of anilines is 1. The zero-order valence-corrected chi connectivity index (χ0v) is 14.9. The molecule has 1 atom stereocenters. The summed E-state index contributed by atoms with van der Waals surface area (Å²) in [4.78, 5) is 14.6. The van der Waals surface area contributed by atoms with Crippen LogP contribution in [0.15, 0.2) is 48.5 Å². The highest BCUT2D eigenvalue weighted by molar-refractivity contribution is 5.89. The number of rotatable bonds is 6. The Hall–Kier alpha value is -2.60. The Balaban J connectivity index is 1.67. The first-order valence-corrected chi connectivity index (χ1v) is 8.85. The number of amides is 2. The van der Waals surface area contributed by atoms with Crippen molar-refractivity contribution in [2.24, 2.45) is 0 Å². The van der Waals surface area contributed by atoms with Gasteiger partial charge in [-0.2, -0.15) is 0 Å². The molecule has 1 aliphatic rings. The molecule has 0 unspecified atom stereocenters. The summed E-state index contributed by atoms with van der Waals surface area (Å²) < 4.78 is 19.0. The molecule has 1 heterocycles. The van der Waals surface area contributed by atoms with Gasteiger partial charge in [-0.1, -0.05) is 24.3 Å². The quantitative estimate of drug-likeness (QED) is 0.827. The van der Waals surface area contributed by atoms with E-state index in [9.17, 15) is 9.18 Å². The Kier molecular flexibility index (Phi) is 6.07. The van der Waals surface area contributed by atoms with E-state index >= 15 is 0 Å². The van der Waals surface area contributed by atoms with Gasteiger partial charge in [0.25, 0.3) is 0 Å². The zero-order chi connectivity index (χ0) is 18.4. The number of likely N-dealkylation sites (tertiary alicyclic amines) is 1. The highest BCUT2D eigenvalue weighted by atomic mass is 19.1. The van der Waals surface area contributed by atoms with Crippen LogP contribution in [-0.4, -0.2) is 37.7 Å². The van der Waals surface area contributed by atoms with Gasteiger partial charge in [0.15, 0.2) is 0 Å². The van der Waals surface area contributed by atoms with Crippen molar-refractivity contribution in [1.82, 2.24) is 10.2 Å². The number of nitrogens with zero attached hydrogens (tertiary/aromatic N) is 1. The average molecular weight is 357 g/mol. The van der Waals surface area contributed by atoms with Gasteiger partial charge in [0.05, 0.1) is 18.8 Å². The Morgan fingerprint density at radius 2 is 1.96 bits per heavy atom. The molecule has 2 N–H and O–H groups in total. The maximum absolute atomic E-state index is 13.7. The number of para-hydroxylation sites is 1. The molecule has 0 aromatic heterocycles. The van der Waals surface area contributed by atoms with Gasteiger partial charge in [0.1, 0.15) is 11.6 Å². The molecule has 3 rings (SSSR count). The molecule has 0 spiro atoms. The number of benzene rings is 2. The highest BCUT2D eigenvalue weighted by Crippen LogP contribution is 2.27. The Bertz CT molecular complexity index is 747. The number of carbonyl (C=O) groups excluding carboxylic acids is 1. The predicted molar refractivity (Wildman–Crippen MR) is 100.0 cm³/mol. The lowest BCUT2D eigenvalue weighted by Gasteiger charge is -2.28. The number of carbonyl (C=O) groups is 1. The van der Waals surface area contributed by atoms with Crippen molar-refractivity contribution in [3.05, 3.63) is 59.9 Å². The molecule has 0 aliphatic carbocycles. The summed E-state index contributed by atoms with van der Waals surface area (Å²) in [5.74, 6) is 0.342. The van der Waals surface area contributed by atoms with Crippen molar-refractivity contribution in [3.8, 4) is 5.75 Å². The van der Waals surface area contributed by atoms with Gasteiger partial charge < -0.3 is 15.4 Å². The standard InChI is InChI=1S/C20H24FN3O2/c1-26-16-8-6-7-15(13-16)19(24-11-4-5-12-24)14-22-20(25)23-18-10-3-2-9-17(18)21/h2-3,6-10,13,19H,4-5,11-12,14H2,1H3,(H2,22,23,25)/t19-/m1/s1. The number of nitrogens with one attached hydrogen (secondary N) is 2. The number of halogens is 1. The number of hydrogen-bond donors (Lipinski definition) is 2. The Morgan fingerprint density at radius 1 is 1.19 bits per heavy atom. The van der Waals surface area contributed by atoms with Crippen LogP contribution in [0, 0.1) is 5.82 Å². The van der Waals surface area contributed by atoms with Crippen LogP contribution in [0.4, 0.5) is 14.9 Å². The second-order valence-electron chi connectivity index (χ2n) is 6.35. The SMILES string of the molecule is COc1cccc([C@@H](CNC(=O)Nc2ccccc2F)N2CCCC2)c1. The third-order valence-corrected chi connectivity index (χ3v) is 4.64. The maximum atomic E-state index is 13.7. The van der Waals surface area contributed by atoms with E-state index in [1.165, 1.54) is 12.1 Å². The van der Waals surface area contributed by atoms with Crippen LogP contribution in [0.25, 0.3) is 0 Å². The molecule has 138 valence electrons. The summed E-state index contributed by atoms with van der Waals surface area (Å²) in [6.45, 7) is 2.43. The lowest BCUT2D eigenvalue weighted by Crippen LogP contribution is -2.38. The van der Waals surface area contributed by atoms with Crippen LogP contribution in [0.1, 0.15) is 24.4 Å². The Morgan fingerprint density at radius 3 is 2.69 bits per heavy atom. The minimum absolute atomic E-state index is 0.0546. The molecule has 5 nitrogen and oxygen atoms in total. The molecule has 2 aromatic carbocycles. The minimum atomic E-state index is -0.452. The summed E-state index contributed by atoms with van der Waals surface area (Å²) in [7, 11) is 1.64. The molecule has 26 heavy (non-hydrogen) atoms. The van der Waals surface area contributed by atoms with E-state index in [1.807, 2.05) is 24.3 Å². The van der Waals surface area contributed by atoms with Gasteiger partial charge in [-0.05, 0) is 55.8 Å². The van der Waals surface area contributed by atoms with Gasteiger partial charge in [-0.25, -0.2) is 9.18 Å². The van der Waals surface area contributed by atoms with Gasteiger partial charge in [-0.15, -0.1) is 0 Å². The summed E-state index contributed by atoms with van der Waals surface area (Å²) in [5.41, 5.74) is 1.27. The fraction of sp³-hybridized carbons (Fsp3) is 0.350. The second-order valence-corrected chi connectivity index (χ2v) is 6.35. The normalized spacial score (nSPS) is 15.5. The number of methoxy groups -OCH3 is 1. The third kappa shape index (κ3) is 4.52. The number of ether oxygens (including phenoxy) is 1. The van der Waals surface area contributed by atoms with Gasteiger partial charge in [0.2, 0.25) is 0 Å². The summed E-state index contributed by atoms with van der Waals surface area (Å²) in [6.07, 6.45) is 2.31. The summed E-state index contributed by atoms with van der Waals surface area (Å²) in [6, 6.07) is 13.7. The number of hydrogen-bond acceptors (Lipinski definition) is 3. The minimum Gasteiger partial charge on any atom is -0.497 e. The summed E-state index contributed by atoms with van der Waals surface area (Å²) in [5, 5.41) is 5.43. The fourth-order valence-corrected chi connectivity index (χ4v) is 3.28. The van der Waals surface area contributed by atoms with Gasteiger partial charge in [-0.3, -0.25) is 4.90 Å². The molecular formula is C20H24FN3O2. The molecule has 1 aliphatic heterocycles. The molecule has 6 heteroatoms. The second kappa shape index (κ2) is 8.67. The van der Waals surface area contributed by atoms with Crippen molar-refractivity contribution in [2.45, 2.75) is 18.9 Å². The van der Waals surface area contributed by atoms with E-state index in [-0.39, 0.29) is 11.7 Å². The molecule has 1 saturated heterocycles. The topological polar surface area (TPSA) is 53.6 Å². The van der Waals surface area contributed by atoms with Crippen LogP contribution >= 0.6 is 0 Å². The fourth-order valence-electron chi connectivity index (χ4n) is 3.28. The van der Waals surface area contributed by atoms with Crippen molar-refractivity contribution in [3.63, 3.8) is 0 Å². The van der Waals surface area contributed by atoms with Crippen LogP contribution in [0.2, 0.25) is 0 Å². The molecule has 1 fully saturated rings. The first-order valence-electron chi connectivity index (χ1n) is 8.85. The van der Waals surface area contributed by atoms with Crippen molar-refractivity contribution in [2.75, 3.05) is 32.1 Å². The maximum Gasteiger partial charge on any atom is 0.319 e. The van der Waals surface area contributed by atoms with Crippen LogP contribution in [0.5, 0.6) is 5.75 Å². The largest absolute Gasteiger partial charge is 0.497 e. The van der Waals surface area contributed by atoms with E-state index < -0.39 is 11.8 Å². The zero-order valence-electron chi connectivity index (χ0n) is 14.9. The van der Waals surface area contributed by atoms with Crippen molar-refractivity contribution in [1.29, 1.82) is 0 Å². The lowest BCUT2D eigenvalue weighted by atomic mass is 10.1. The Labute approximate surface area is 153 Å². The van der Waals surface area contributed by atoms with E-state index in [2.05, 4.69) is 15.5 Å². The monoisotopic (exact) mass is 357 g/mol. The molecule has 0 radical (unpaired) electrons. The van der Waals surface area contributed by atoms with Crippen molar-refractivity contribution >= 4 is 11.7 Å². The highest BCUT2D eigenvalue weighted by Gasteiger charge is 2.24. The lowest BCUT2D eigenvalue weighted by molar-refractivity contribution is 0.227. The first kappa shape index (κ1) is 18.2. The third-order valence-electron chi connectivity index (χ3n) is 4.64. The molecule has 2 amide bonds. The average Bonchev–Trinajstić information content (AvgIpc) is 3.18. The van der Waals surface area contributed by atoms with Crippen LogP contribution in [0.3, 0.4) is 0 Å². The smallest absolute Gasteiger partial charge is 0.319 e. The van der Waals surface area contributed by atoms with E-state index in [0.29, 0.717) is 6.54 Å². The number of urea groups is 1. The molecule has 2 aromatic rings. The van der Waals surface area contributed by atoms with Crippen LogP contribution < -0.4 is 15.4 Å². The van der Waals surface area contributed by atoms with E-state index in [1.54, 1.807) is 19.2 Å². The van der Waals surface area contributed by atoms with Gasteiger partial charge >= 0.3 is 6.03 Å². The first-order chi connectivity index (χ1) is 12.7.